The zero-order valence-corrected chi connectivity index (χ0v) is 16.2. The van der Waals surface area contributed by atoms with Crippen LogP contribution in [0.15, 0.2) is 77.7 Å². The molecule has 1 amide bonds. The highest BCUT2D eigenvalue weighted by Gasteiger charge is 2.13. The predicted octanol–water partition coefficient (Wildman–Crippen LogP) is 2.74. The van der Waals surface area contributed by atoms with Gasteiger partial charge >= 0.3 is 0 Å². The first-order valence-electron chi connectivity index (χ1n) is 9.09. The van der Waals surface area contributed by atoms with Crippen molar-refractivity contribution >= 4 is 32.4 Å². The van der Waals surface area contributed by atoms with Crippen molar-refractivity contribution in [2.75, 3.05) is 25.0 Å². The van der Waals surface area contributed by atoms with Gasteiger partial charge in [-0.15, -0.1) is 0 Å². The van der Waals surface area contributed by atoms with Crippen molar-refractivity contribution in [1.29, 1.82) is 0 Å². The Balaban J connectivity index is 1.41. The van der Waals surface area contributed by atoms with Crippen LogP contribution in [0.25, 0.3) is 10.8 Å². The molecule has 3 N–H and O–H groups in total. The van der Waals surface area contributed by atoms with E-state index < -0.39 is 10.0 Å². The van der Waals surface area contributed by atoms with Crippen LogP contribution in [-0.2, 0) is 14.8 Å². The van der Waals surface area contributed by atoms with E-state index in [0.717, 1.165) is 16.5 Å². The van der Waals surface area contributed by atoms with Gasteiger partial charge in [0.05, 0.1) is 4.90 Å². The molecular formula is C21H23N3O3S. The van der Waals surface area contributed by atoms with Crippen molar-refractivity contribution in [3.8, 4) is 0 Å². The SMILES string of the molecule is O=C(CCNc1ccccc1)NCCNS(=O)(=O)c1ccc2ccccc2c1. The molecule has 0 aliphatic heterocycles. The second kappa shape index (κ2) is 9.34. The third-order valence-electron chi connectivity index (χ3n) is 4.23. The molecule has 0 saturated carbocycles. The van der Waals surface area contributed by atoms with Crippen molar-refractivity contribution in [1.82, 2.24) is 10.0 Å². The minimum Gasteiger partial charge on any atom is -0.385 e. The fraction of sp³-hybridized carbons (Fsp3) is 0.190. The molecule has 0 atom stereocenters. The molecule has 146 valence electrons. The lowest BCUT2D eigenvalue weighted by Crippen LogP contribution is -2.35. The Morgan fingerprint density at radius 2 is 1.50 bits per heavy atom. The summed E-state index contributed by atoms with van der Waals surface area (Å²) in [5, 5.41) is 7.72. The number of nitrogens with one attached hydrogen (secondary N) is 3. The molecule has 0 aliphatic carbocycles. The van der Waals surface area contributed by atoms with Gasteiger partial charge in [-0.05, 0) is 35.0 Å². The van der Waals surface area contributed by atoms with Crippen LogP contribution in [0.4, 0.5) is 5.69 Å². The van der Waals surface area contributed by atoms with Gasteiger partial charge in [0.1, 0.15) is 0 Å². The number of hydrogen-bond acceptors (Lipinski definition) is 4. The van der Waals surface area contributed by atoms with Crippen LogP contribution in [0.1, 0.15) is 6.42 Å². The van der Waals surface area contributed by atoms with Crippen LogP contribution in [0.3, 0.4) is 0 Å². The minimum absolute atomic E-state index is 0.131. The molecule has 6 nitrogen and oxygen atoms in total. The zero-order chi connectivity index (χ0) is 19.8. The van der Waals surface area contributed by atoms with E-state index in [0.29, 0.717) is 13.0 Å². The lowest BCUT2D eigenvalue weighted by atomic mass is 10.1. The van der Waals surface area contributed by atoms with E-state index in [1.165, 1.54) is 0 Å². The lowest BCUT2D eigenvalue weighted by Gasteiger charge is -2.09. The average Bonchev–Trinajstić information content (AvgIpc) is 2.72. The zero-order valence-electron chi connectivity index (χ0n) is 15.4. The summed E-state index contributed by atoms with van der Waals surface area (Å²) in [5.41, 5.74) is 0.957. The maximum atomic E-state index is 12.4. The van der Waals surface area contributed by atoms with E-state index in [9.17, 15) is 13.2 Å². The van der Waals surface area contributed by atoms with Crippen molar-refractivity contribution in [2.24, 2.45) is 0 Å². The molecule has 7 heteroatoms. The number of fused-ring (bicyclic) bond motifs is 1. The summed E-state index contributed by atoms with van der Waals surface area (Å²) in [4.78, 5) is 12.1. The number of benzene rings is 3. The van der Waals surface area contributed by atoms with Crippen LogP contribution < -0.4 is 15.4 Å². The Kier molecular flexibility index (Phi) is 6.62. The summed E-state index contributed by atoms with van der Waals surface area (Å²) < 4.78 is 27.4. The first-order valence-corrected chi connectivity index (χ1v) is 10.6. The third-order valence-corrected chi connectivity index (χ3v) is 5.68. The molecule has 0 bridgehead atoms. The first kappa shape index (κ1) is 19.9. The van der Waals surface area contributed by atoms with Crippen molar-refractivity contribution in [3.63, 3.8) is 0 Å². The van der Waals surface area contributed by atoms with E-state index in [1.807, 2.05) is 54.6 Å². The quantitative estimate of drug-likeness (QED) is 0.485. The number of rotatable bonds is 9. The van der Waals surface area contributed by atoms with Gasteiger partial charge in [-0.3, -0.25) is 4.79 Å². The van der Waals surface area contributed by atoms with Crippen molar-refractivity contribution in [2.45, 2.75) is 11.3 Å². The summed E-state index contributed by atoms with van der Waals surface area (Å²) in [6.07, 6.45) is 0.312. The maximum absolute atomic E-state index is 12.4. The standard InChI is InChI=1S/C21H23N3O3S/c25-21(12-13-22-19-8-2-1-3-9-19)23-14-15-24-28(26,27)20-11-10-17-6-4-5-7-18(17)16-20/h1-11,16,22,24H,12-15H2,(H,23,25). The van der Waals surface area contributed by atoms with Gasteiger partial charge in [0.2, 0.25) is 15.9 Å². The van der Waals surface area contributed by atoms with E-state index in [2.05, 4.69) is 15.4 Å². The van der Waals surface area contributed by atoms with Crippen molar-refractivity contribution in [3.05, 3.63) is 72.8 Å². The van der Waals surface area contributed by atoms with Gasteiger partial charge in [-0.1, -0.05) is 48.5 Å². The fourth-order valence-corrected chi connectivity index (χ4v) is 3.84. The molecule has 0 radical (unpaired) electrons. The second-order valence-electron chi connectivity index (χ2n) is 6.30. The molecule has 0 heterocycles. The lowest BCUT2D eigenvalue weighted by molar-refractivity contribution is -0.120. The highest BCUT2D eigenvalue weighted by Crippen LogP contribution is 2.18. The summed E-state index contributed by atoms with van der Waals surface area (Å²) in [7, 11) is -3.62. The van der Waals surface area contributed by atoms with Crippen LogP contribution in [0, 0.1) is 0 Å². The van der Waals surface area contributed by atoms with Gasteiger partial charge in [0, 0.05) is 31.7 Å². The molecule has 0 aromatic heterocycles. The molecule has 3 rings (SSSR count). The van der Waals surface area contributed by atoms with Crippen LogP contribution in [0.2, 0.25) is 0 Å². The van der Waals surface area contributed by atoms with Crippen molar-refractivity contribution < 1.29 is 13.2 Å². The maximum Gasteiger partial charge on any atom is 0.240 e. The van der Waals surface area contributed by atoms with E-state index in [-0.39, 0.29) is 23.9 Å². The smallest absolute Gasteiger partial charge is 0.240 e. The Labute approximate surface area is 165 Å². The van der Waals surface area contributed by atoms with Gasteiger partial charge in [-0.2, -0.15) is 0 Å². The monoisotopic (exact) mass is 397 g/mol. The van der Waals surface area contributed by atoms with Crippen LogP contribution in [-0.4, -0.2) is 34.0 Å². The van der Waals surface area contributed by atoms with Gasteiger partial charge < -0.3 is 10.6 Å². The second-order valence-corrected chi connectivity index (χ2v) is 8.07. The molecule has 3 aromatic carbocycles. The van der Waals surface area contributed by atoms with Gasteiger partial charge in [-0.25, -0.2) is 13.1 Å². The summed E-state index contributed by atoms with van der Waals surface area (Å²) in [5.74, 6) is -0.131. The Morgan fingerprint density at radius 1 is 0.786 bits per heavy atom. The number of anilines is 1. The number of carbonyl (C=O) groups excluding carboxylic acids is 1. The Hall–Kier alpha value is -2.90. The summed E-state index contributed by atoms with van der Waals surface area (Å²) >= 11 is 0. The molecule has 28 heavy (non-hydrogen) atoms. The first-order chi connectivity index (χ1) is 13.5. The normalized spacial score (nSPS) is 11.3. The Morgan fingerprint density at radius 3 is 2.29 bits per heavy atom. The average molecular weight is 398 g/mol. The van der Waals surface area contributed by atoms with Crippen LogP contribution in [0.5, 0.6) is 0 Å². The molecular weight excluding hydrogens is 374 g/mol. The highest BCUT2D eigenvalue weighted by atomic mass is 32.2. The number of hydrogen-bond donors (Lipinski definition) is 3. The minimum atomic E-state index is -3.62. The van der Waals surface area contributed by atoms with E-state index in [1.54, 1.807) is 18.2 Å². The number of para-hydroxylation sites is 1. The number of carbonyl (C=O) groups is 1. The molecule has 0 aliphatic rings. The molecule has 0 unspecified atom stereocenters. The Bertz CT molecular complexity index is 1040. The van der Waals surface area contributed by atoms with Gasteiger partial charge in [0.25, 0.3) is 0 Å². The summed E-state index contributed by atoms with van der Waals surface area (Å²) in [6, 6.07) is 22.2. The van der Waals surface area contributed by atoms with E-state index >= 15 is 0 Å². The third kappa shape index (κ3) is 5.55. The number of amides is 1. The molecule has 0 fully saturated rings. The molecule has 0 spiro atoms. The van der Waals surface area contributed by atoms with Gasteiger partial charge in [0.15, 0.2) is 0 Å². The predicted molar refractivity (Wildman–Crippen MR) is 112 cm³/mol. The van der Waals surface area contributed by atoms with Crippen LogP contribution >= 0.6 is 0 Å². The number of sulfonamides is 1. The largest absolute Gasteiger partial charge is 0.385 e. The topological polar surface area (TPSA) is 87.3 Å². The summed E-state index contributed by atoms with van der Waals surface area (Å²) in [6.45, 7) is 0.878. The van der Waals surface area contributed by atoms with E-state index in [4.69, 9.17) is 0 Å². The highest BCUT2D eigenvalue weighted by molar-refractivity contribution is 7.89. The molecule has 0 saturated heterocycles. The molecule has 3 aromatic rings. The fourth-order valence-electron chi connectivity index (χ4n) is 2.77.